The van der Waals surface area contributed by atoms with E-state index in [9.17, 15) is 31.4 Å². The molecule has 4 fully saturated rings. The minimum absolute atomic E-state index is 0.111. The molecule has 0 bridgehead atoms. The van der Waals surface area contributed by atoms with Gasteiger partial charge in [-0.25, -0.2) is 29.9 Å². The molecule has 0 radical (unpaired) electrons. The second kappa shape index (κ2) is 24.7. The maximum atomic E-state index is 14.0. The van der Waals surface area contributed by atoms with Crippen molar-refractivity contribution in [2.24, 2.45) is 0 Å². The molecule has 26 heteroatoms. The number of aromatic nitrogens is 6. The van der Waals surface area contributed by atoms with E-state index in [4.69, 9.17) is 24.5 Å². The van der Waals surface area contributed by atoms with E-state index in [1.54, 1.807) is 35.7 Å². The third-order valence-corrected chi connectivity index (χ3v) is 18.9. The number of nitrogens with zero attached hydrogens (tertiary/aromatic N) is 10. The first kappa shape index (κ1) is 56.0. The van der Waals surface area contributed by atoms with E-state index < -0.39 is 23.5 Å². The quantitative estimate of drug-likeness (QED) is 0.0715. The first-order valence-corrected chi connectivity index (χ1v) is 30.2. The van der Waals surface area contributed by atoms with Crippen LogP contribution in [0.15, 0.2) is 58.6 Å². The van der Waals surface area contributed by atoms with Gasteiger partial charge >= 0.3 is 12.4 Å². The van der Waals surface area contributed by atoms with Crippen molar-refractivity contribution in [1.29, 1.82) is 0 Å². The Bertz CT molecular complexity index is 3030. The lowest BCUT2D eigenvalue weighted by molar-refractivity contribution is -0.138. The van der Waals surface area contributed by atoms with Crippen molar-refractivity contribution >= 4 is 81.1 Å². The lowest BCUT2D eigenvalue weighted by Gasteiger charge is -2.35. The van der Waals surface area contributed by atoms with E-state index in [-0.39, 0.29) is 36.5 Å². The van der Waals surface area contributed by atoms with Gasteiger partial charge in [0.2, 0.25) is 11.9 Å². The van der Waals surface area contributed by atoms with Gasteiger partial charge in [-0.2, -0.15) is 26.3 Å². The number of anilines is 6. The van der Waals surface area contributed by atoms with E-state index in [0.29, 0.717) is 54.6 Å². The third-order valence-electron chi connectivity index (χ3n) is 14.3. The zero-order valence-corrected chi connectivity index (χ0v) is 46.4. The fourth-order valence-electron chi connectivity index (χ4n) is 9.83. The lowest BCUT2D eigenvalue weighted by atomic mass is 10.2. The maximum Gasteiger partial charge on any atom is 0.420 e. The molecule has 4 aliphatic heterocycles. The normalized spacial score (nSPS) is 18.5. The number of β-amino-alcohol motifs (C(OH)–C–C–N with tert-alkyl or cyclic N) is 1. The van der Waals surface area contributed by atoms with Crippen LogP contribution in [0.2, 0.25) is 0 Å². The number of rotatable bonds is 15. The summed E-state index contributed by atoms with van der Waals surface area (Å²) in [4.78, 5) is 40.5. The van der Waals surface area contributed by atoms with Crippen molar-refractivity contribution in [2.75, 3.05) is 124 Å². The lowest BCUT2D eigenvalue weighted by Crippen LogP contribution is -2.47. The van der Waals surface area contributed by atoms with Crippen molar-refractivity contribution in [3.63, 3.8) is 0 Å². The number of pyridine rings is 2. The number of halogens is 6. The van der Waals surface area contributed by atoms with E-state index in [2.05, 4.69) is 50.2 Å². The van der Waals surface area contributed by atoms with Gasteiger partial charge < -0.3 is 40.1 Å². The summed E-state index contributed by atoms with van der Waals surface area (Å²) in [5, 5.41) is 24.7. The average Bonchev–Trinajstić information content (AvgIpc) is 4.42. The molecule has 12 rings (SSSR count). The number of aliphatic hydroxyl groups excluding tert-OH is 2. The maximum absolute atomic E-state index is 14.0. The van der Waals surface area contributed by atoms with Crippen LogP contribution in [-0.2, 0) is 35.0 Å². The van der Waals surface area contributed by atoms with Crippen LogP contribution in [0.3, 0.4) is 0 Å². The number of ether oxygens (including phenoxy) is 2. The zero-order chi connectivity index (χ0) is 54.7. The van der Waals surface area contributed by atoms with Gasteiger partial charge in [0.1, 0.15) is 22.8 Å². The molecule has 79 heavy (non-hydrogen) atoms. The van der Waals surface area contributed by atoms with Gasteiger partial charge in [-0.05, 0) is 68.5 Å². The standard InChI is InChI=1S/C27H31F3N6O2S2.C26H29F3N6O2S2/c28-27(29,30)18-15-31-26(34-25(18)21-14-20-22(40-21)16-38-12-13-39-20)32-19-4-5-23(33-24(19)17-2-3-17)36-9-7-35(8-10-36)6-1-11-37;27-26(28,29)17-14-30-25(33-24(17)20-13-19-21(39-20)15-37-11-12-38-19)31-18-3-4-22(32-23(18)16-1-2-16)35-7-5-34(6-8-35)9-10-36/h4-5,14-15,17,37H,1-3,6-13,16H2,(H,31,32,34);3-4,13-14,16,36H,1-2,5-12,15H2,(H,30,31,33). The van der Waals surface area contributed by atoms with Crippen LogP contribution in [-0.4, -0.2) is 153 Å². The molecule has 10 heterocycles. The Balaban J connectivity index is 0.000000167. The summed E-state index contributed by atoms with van der Waals surface area (Å²) < 4.78 is 94.9. The first-order valence-electron chi connectivity index (χ1n) is 26.6. The Labute approximate surface area is 469 Å². The van der Waals surface area contributed by atoms with Crippen molar-refractivity contribution < 1.29 is 46.0 Å². The molecule has 0 aromatic carbocycles. The SMILES string of the molecule is OCCCN1CCN(c2ccc(Nc3ncc(C(F)(F)F)c(-c4cc5c(s4)COCCS5)n3)c(C3CC3)n2)CC1.OCCN1CCN(c2ccc(Nc3ncc(C(F)(F)F)c(-c4cc5c(s4)COCCS5)n3)c(C3CC3)n2)CC1. The van der Waals surface area contributed by atoms with Crippen LogP contribution in [0.4, 0.5) is 61.2 Å². The molecule has 6 aromatic heterocycles. The molecule has 6 aromatic rings. The van der Waals surface area contributed by atoms with Gasteiger partial charge in [0.15, 0.2) is 0 Å². The van der Waals surface area contributed by atoms with Crippen molar-refractivity contribution in [1.82, 2.24) is 39.7 Å². The number of thiophene rings is 2. The highest BCUT2D eigenvalue weighted by molar-refractivity contribution is 7.99. The van der Waals surface area contributed by atoms with E-state index in [1.165, 1.54) is 22.7 Å². The summed E-state index contributed by atoms with van der Waals surface area (Å²) in [6.07, 6.45) is -2.55. The van der Waals surface area contributed by atoms with E-state index in [0.717, 1.165) is 169 Å². The van der Waals surface area contributed by atoms with Gasteiger partial charge in [0.05, 0.1) is 76.9 Å². The summed E-state index contributed by atoms with van der Waals surface area (Å²) in [7, 11) is 0. The van der Waals surface area contributed by atoms with Crippen LogP contribution in [0.5, 0.6) is 0 Å². The Kier molecular flexibility index (Phi) is 17.5. The summed E-state index contributed by atoms with van der Waals surface area (Å²) in [6, 6.07) is 11.3. The Morgan fingerprint density at radius 2 is 1.01 bits per heavy atom. The molecule has 0 unspecified atom stereocenters. The fourth-order valence-corrected chi connectivity index (χ4v) is 14.3. The molecule has 0 atom stereocenters. The number of fused-ring (bicyclic) bond motifs is 2. The van der Waals surface area contributed by atoms with E-state index >= 15 is 0 Å². The Hall–Kier alpha value is -4.90. The van der Waals surface area contributed by atoms with Crippen LogP contribution in [0.1, 0.15) is 76.2 Å². The highest BCUT2D eigenvalue weighted by Crippen LogP contribution is 2.48. The number of nitrogens with one attached hydrogen (secondary N) is 2. The number of aliphatic hydroxyl groups is 2. The second-order valence-corrected chi connectivity index (χ2v) is 24.5. The van der Waals surface area contributed by atoms with Crippen molar-refractivity contribution in [3.05, 3.63) is 81.1 Å². The number of hydrogen-bond donors (Lipinski definition) is 4. The molecule has 4 N–H and O–H groups in total. The molecular formula is C53H60F6N12O4S4. The summed E-state index contributed by atoms with van der Waals surface area (Å²) >= 11 is 5.76. The Morgan fingerprint density at radius 1 is 0.570 bits per heavy atom. The molecule has 2 aliphatic carbocycles. The number of alkyl halides is 6. The third kappa shape index (κ3) is 13.7. The Morgan fingerprint density at radius 3 is 1.42 bits per heavy atom. The molecule has 0 spiro atoms. The monoisotopic (exact) mass is 1170 g/mol. The van der Waals surface area contributed by atoms with Gasteiger partial charge in [-0.15, -0.1) is 46.2 Å². The summed E-state index contributed by atoms with van der Waals surface area (Å²) in [6.45, 7) is 10.9. The minimum Gasteiger partial charge on any atom is -0.396 e. The van der Waals surface area contributed by atoms with Crippen LogP contribution >= 0.6 is 46.2 Å². The molecule has 2 saturated heterocycles. The largest absolute Gasteiger partial charge is 0.420 e. The summed E-state index contributed by atoms with van der Waals surface area (Å²) in [5.74, 6) is 4.16. The zero-order valence-electron chi connectivity index (χ0n) is 43.1. The second-order valence-electron chi connectivity index (χ2n) is 20.0. The highest BCUT2D eigenvalue weighted by Gasteiger charge is 2.39. The van der Waals surface area contributed by atoms with Crippen molar-refractivity contribution in [3.8, 4) is 21.1 Å². The molecule has 422 valence electrons. The molecule has 2 saturated carbocycles. The number of piperazine rings is 2. The topological polar surface area (TPSA) is 173 Å². The van der Waals surface area contributed by atoms with Crippen LogP contribution in [0, 0.1) is 0 Å². The van der Waals surface area contributed by atoms with Crippen molar-refractivity contribution in [2.45, 2.75) is 79.3 Å². The van der Waals surface area contributed by atoms with E-state index in [1.807, 2.05) is 24.3 Å². The fraction of sp³-hybridized carbons (Fsp3) is 0.509. The number of hydrogen-bond acceptors (Lipinski definition) is 20. The average molecular weight is 1170 g/mol. The smallest absolute Gasteiger partial charge is 0.396 e. The molecule has 6 aliphatic rings. The molecular weight excluding hydrogens is 1110 g/mol. The minimum atomic E-state index is -4.58. The first-order chi connectivity index (χ1) is 38.3. The van der Waals surface area contributed by atoms with Gasteiger partial charge in [0.25, 0.3) is 0 Å². The predicted molar refractivity (Wildman–Crippen MR) is 297 cm³/mol. The summed E-state index contributed by atoms with van der Waals surface area (Å²) in [5.41, 5.74) is 1.29. The highest BCUT2D eigenvalue weighted by atomic mass is 32.2. The van der Waals surface area contributed by atoms with Gasteiger partial charge in [-0.3, -0.25) is 9.80 Å². The van der Waals surface area contributed by atoms with Crippen LogP contribution < -0.4 is 20.4 Å². The van der Waals surface area contributed by atoms with Gasteiger partial charge in [0, 0.05) is 127 Å². The molecule has 0 amide bonds. The molecule has 16 nitrogen and oxygen atoms in total. The van der Waals surface area contributed by atoms with Gasteiger partial charge in [-0.1, -0.05) is 0 Å². The predicted octanol–water partition coefficient (Wildman–Crippen LogP) is 10.3. The van der Waals surface area contributed by atoms with Crippen LogP contribution in [0.25, 0.3) is 21.1 Å². The number of thioether (sulfide) groups is 2.